The summed E-state index contributed by atoms with van der Waals surface area (Å²) in [6.45, 7) is 0.392. The van der Waals surface area contributed by atoms with Crippen LogP contribution in [0.3, 0.4) is 0 Å². The molecule has 3 N–H and O–H groups in total. The topological polar surface area (TPSA) is 46.2 Å². The standard InChI is InChI=1S/C9H8INO/c10-8-7-2-1-5(7)3-6(4-11)9(8)12/h1-3,12H,4,11H2. The maximum absolute atomic E-state index is 9.62. The third kappa shape index (κ3) is 0.964. The van der Waals surface area contributed by atoms with Crippen LogP contribution in [0.2, 0.25) is 0 Å². The molecular formula is C9H8INO. The molecule has 0 radical (unpaired) electrons. The molecule has 0 atom stereocenters. The smallest absolute Gasteiger partial charge is 0.134 e. The molecule has 1 aromatic rings. The molecule has 0 saturated carbocycles. The van der Waals surface area contributed by atoms with Crippen molar-refractivity contribution in [1.29, 1.82) is 0 Å². The van der Waals surface area contributed by atoms with Gasteiger partial charge in [-0.2, -0.15) is 0 Å². The van der Waals surface area contributed by atoms with E-state index in [9.17, 15) is 5.11 Å². The van der Waals surface area contributed by atoms with E-state index in [0.717, 1.165) is 14.7 Å². The van der Waals surface area contributed by atoms with E-state index < -0.39 is 0 Å². The Morgan fingerprint density at radius 1 is 1.42 bits per heavy atom. The molecule has 62 valence electrons. The van der Waals surface area contributed by atoms with Crippen molar-refractivity contribution in [3.63, 3.8) is 0 Å². The monoisotopic (exact) mass is 273 g/mol. The van der Waals surface area contributed by atoms with E-state index in [1.807, 2.05) is 18.2 Å². The molecule has 1 aliphatic rings. The molecule has 0 aliphatic heterocycles. The summed E-state index contributed by atoms with van der Waals surface area (Å²) in [4.78, 5) is 0. The molecule has 0 unspecified atom stereocenters. The Morgan fingerprint density at radius 3 is 2.67 bits per heavy atom. The van der Waals surface area contributed by atoms with Gasteiger partial charge in [0.05, 0.1) is 3.57 Å². The number of phenolic OH excluding ortho intramolecular Hbond substituents is 1. The highest BCUT2D eigenvalue weighted by atomic mass is 127. The first kappa shape index (κ1) is 8.07. The molecule has 3 heteroatoms. The molecule has 0 bridgehead atoms. The molecule has 0 saturated heterocycles. The van der Waals surface area contributed by atoms with Gasteiger partial charge in [0.25, 0.3) is 0 Å². The van der Waals surface area contributed by atoms with Crippen LogP contribution in [-0.4, -0.2) is 5.11 Å². The maximum Gasteiger partial charge on any atom is 0.134 e. The SMILES string of the molecule is NCc1cc2c(c(I)c1O)C=C2. The maximum atomic E-state index is 9.62. The average molecular weight is 273 g/mol. The van der Waals surface area contributed by atoms with Crippen LogP contribution in [0.5, 0.6) is 5.75 Å². The van der Waals surface area contributed by atoms with Gasteiger partial charge in [-0.1, -0.05) is 12.2 Å². The average Bonchev–Trinajstić information content (AvgIpc) is 2.01. The summed E-state index contributed by atoms with van der Waals surface area (Å²) >= 11 is 2.14. The normalized spacial score (nSPS) is 12.5. The minimum absolute atomic E-state index is 0.334. The fourth-order valence-electron chi connectivity index (χ4n) is 1.27. The van der Waals surface area contributed by atoms with Gasteiger partial charge in [-0.3, -0.25) is 0 Å². The predicted molar refractivity (Wildman–Crippen MR) is 57.6 cm³/mol. The molecule has 12 heavy (non-hydrogen) atoms. The van der Waals surface area contributed by atoms with E-state index in [4.69, 9.17) is 5.73 Å². The van der Waals surface area contributed by atoms with Crippen LogP contribution in [0.4, 0.5) is 0 Å². The summed E-state index contributed by atoms with van der Waals surface area (Å²) < 4.78 is 0.910. The van der Waals surface area contributed by atoms with Gasteiger partial charge in [-0.05, 0) is 39.8 Å². The Labute approximate surface area is 84.2 Å². The largest absolute Gasteiger partial charge is 0.506 e. The van der Waals surface area contributed by atoms with E-state index >= 15 is 0 Å². The third-order valence-corrected chi connectivity index (χ3v) is 3.13. The van der Waals surface area contributed by atoms with Crippen molar-refractivity contribution < 1.29 is 5.11 Å². The van der Waals surface area contributed by atoms with Crippen LogP contribution in [-0.2, 0) is 6.54 Å². The molecule has 1 aliphatic carbocycles. The Morgan fingerprint density at radius 2 is 2.17 bits per heavy atom. The number of fused-ring (bicyclic) bond motifs is 1. The zero-order chi connectivity index (χ0) is 8.72. The van der Waals surface area contributed by atoms with E-state index in [0.29, 0.717) is 12.3 Å². The number of phenols is 1. The molecule has 1 aromatic carbocycles. The number of benzene rings is 1. The second-order valence-corrected chi connectivity index (χ2v) is 3.82. The molecule has 2 nitrogen and oxygen atoms in total. The van der Waals surface area contributed by atoms with Crippen molar-refractivity contribution in [2.24, 2.45) is 5.73 Å². The minimum Gasteiger partial charge on any atom is -0.506 e. The summed E-state index contributed by atoms with van der Waals surface area (Å²) in [7, 11) is 0. The second-order valence-electron chi connectivity index (χ2n) is 2.74. The highest BCUT2D eigenvalue weighted by molar-refractivity contribution is 14.1. The Bertz CT molecular complexity index is 371. The van der Waals surface area contributed by atoms with Gasteiger partial charge < -0.3 is 10.8 Å². The number of nitrogens with two attached hydrogens (primary N) is 1. The molecule has 0 aromatic heterocycles. The highest BCUT2D eigenvalue weighted by Crippen LogP contribution is 2.36. The van der Waals surface area contributed by atoms with Crippen molar-refractivity contribution in [1.82, 2.24) is 0 Å². The van der Waals surface area contributed by atoms with Crippen LogP contribution < -0.4 is 5.73 Å². The van der Waals surface area contributed by atoms with Crippen LogP contribution in [0.15, 0.2) is 6.07 Å². The molecule has 0 fully saturated rings. The second kappa shape index (κ2) is 2.74. The first-order valence-electron chi connectivity index (χ1n) is 3.66. The van der Waals surface area contributed by atoms with Gasteiger partial charge in [-0.15, -0.1) is 0 Å². The number of halogens is 1. The summed E-state index contributed by atoms with van der Waals surface area (Å²) in [5, 5.41) is 9.62. The van der Waals surface area contributed by atoms with E-state index in [1.54, 1.807) is 0 Å². The zero-order valence-electron chi connectivity index (χ0n) is 6.34. The van der Waals surface area contributed by atoms with Gasteiger partial charge in [0, 0.05) is 12.1 Å². The van der Waals surface area contributed by atoms with Crippen molar-refractivity contribution in [3.05, 3.63) is 26.3 Å². The van der Waals surface area contributed by atoms with Crippen molar-refractivity contribution in [3.8, 4) is 5.75 Å². The van der Waals surface area contributed by atoms with Gasteiger partial charge in [0.1, 0.15) is 5.75 Å². The molecule has 0 spiro atoms. The highest BCUT2D eigenvalue weighted by Gasteiger charge is 2.15. The van der Waals surface area contributed by atoms with Crippen molar-refractivity contribution in [2.45, 2.75) is 6.54 Å². The summed E-state index contributed by atoms with van der Waals surface area (Å²) in [5.41, 5.74) is 8.61. The third-order valence-electron chi connectivity index (χ3n) is 2.04. The van der Waals surface area contributed by atoms with E-state index in [2.05, 4.69) is 22.6 Å². The molecule has 2 rings (SSSR count). The Hall–Kier alpha value is -0.550. The minimum atomic E-state index is 0.334. The molecular weight excluding hydrogens is 265 g/mol. The van der Waals surface area contributed by atoms with Crippen LogP contribution in [0.1, 0.15) is 16.7 Å². The quantitative estimate of drug-likeness (QED) is 0.780. The summed E-state index contributed by atoms with van der Waals surface area (Å²) in [6, 6.07) is 1.94. The fraction of sp³-hybridized carbons (Fsp3) is 0.111. The van der Waals surface area contributed by atoms with Crippen LogP contribution in [0.25, 0.3) is 12.2 Å². The Kier molecular flexibility index (Phi) is 1.84. The molecule has 0 amide bonds. The van der Waals surface area contributed by atoms with Crippen molar-refractivity contribution in [2.75, 3.05) is 0 Å². The first-order chi connectivity index (χ1) is 5.74. The lowest BCUT2D eigenvalue weighted by atomic mass is 9.95. The number of hydrogen-bond donors (Lipinski definition) is 2. The van der Waals surface area contributed by atoms with Crippen LogP contribution >= 0.6 is 22.6 Å². The lowest BCUT2D eigenvalue weighted by Crippen LogP contribution is -2.02. The van der Waals surface area contributed by atoms with Crippen LogP contribution in [0, 0.1) is 3.57 Å². The summed E-state index contributed by atoms with van der Waals surface area (Å²) in [6.07, 6.45) is 4.02. The van der Waals surface area contributed by atoms with Gasteiger partial charge in [-0.25, -0.2) is 0 Å². The zero-order valence-corrected chi connectivity index (χ0v) is 8.50. The van der Waals surface area contributed by atoms with Gasteiger partial charge >= 0.3 is 0 Å². The van der Waals surface area contributed by atoms with Crippen molar-refractivity contribution >= 4 is 34.7 Å². The number of aromatic hydroxyl groups is 1. The molecule has 0 heterocycles. The lowest BCUT2D eigenvalue weighted by Gasteiger charge is -2.16. The number of hydrogen-bond acceptors (Lipinski definition) is 2. The number of rotatable bonds is 1. The van der Waals surface area contributed by atoms with E-state index in [1.165, 1.54) is 5.56 Å². The lowest BCUT2D eigenvalue weighted by molar-refractivity contribution is 0.464. The predicted octanol–water partition coefficient (Wildman–Crippen LogP) is 1.94. The van der Waals surface area contributed by atoms with Gasteiger partial charge in [0.15, 0.2) is 0 Å². The summed E-state index contributed by atoms with van der Waals surface area (Å²) in [5.74, 6) is 0.334. The fourth-order valence-corrected chi connectivity index (χ4v) is 2.11. The Balaban J connectivity index is 2.65. The van der Waals surface area contributed by atoms with Gasteiger partial charge in [0.2, 0.25) is 0 Å². The van der Waals surface area contributed by atoms with E-state index in [-0.39, 0.29) is 0 Å². The first-order valence-corrected chi connectivity index (χ1v) is 4.74.